The molecule has 1 N–H and O–H groups in total. The van der Waals surface area contributed by atoms with Crippen LogP contribution in [0.4, 0.5) is 0 Å². The fourth-order valence-electron chi connectivity index (χ4n) is 2.92. The van der Waals surface area contributed by atoms with Gasteiger partial charge in [0.25, 0.3) is 0 Å². The fraction of sp³-hybridized carbons (Fsp3) is 0.643. The summed E-state index contributed by atoms with van der Waals surface area (Å²) in [6.45, 7) is 2.88. The van der Waals surface area contributed by atoms with Crippen LogP contribution in [0.1, 0.15) is 30.6 Å². The van der Waals surface area contributed by atoms with Gasteiger partial charge in [0.2, 0.25) is 5.91 Å². The predicted molar refractivity (Wildman–Crippen MR) is 81.5 cm³/mol. The first-order chi connectivity index (χ1) is 9.21. The van der Waals surface area contributed by atoms with E-state index in [9.17, 15) is 4.79 Å². The maximum absolute atomic E-state index is 12.5. The molecule has 2 heterocycles. The van der Waals surface area contributed by atoms with Crippen LogP contribution in [0, 0.1) is 0 Å². The summed E-state index contributed by atoms with van der Waals surface area (Å²) in [6.07, 6.45) is 5.02. The lowest BCUT2D eigenvalue weighted by Gasteiger charge is -2.30. The summed E-state index contributed by atoms with van der Waals surface area (Å²) in [5, 5.41) is 5.48. The van der Waals surface area contributed by atoms with Crippen molar-refractivity contribution in [3.05, 3.63) is 20.8 Å². The molecular formula is C14H19BrN2OS. The zero-order valence-electron chi connectivity index (χ0n) is 11.0. The lowest BCUT2D eigenvalue weighted by atomic mass is 10.1. The Morgan fingerprint density at radius 1 is 1.42 bits per heavy atom. The van der Waals surface area contributed by atoms with Gasteiger partial charge in [-0.1, -0.05) is 0 Å². The van der Waals surface area contributed by atoms with Gasteiger partial charge in [-0.3, -0.25) is 4.79 Å². The number of rotatable bonds is 3. The summed E-state index contributed by atoms with van der Waals surface area (Å²) < 4.78 is 1.14. The molecule has 0 atom stereocenters. The number of hydrogen-bond acceptors (Lipinski definition) is 3. The normalized spacial score (nSPS) is 21.4. The second kappa shape index (κ2) is 5.54. The Kier molecular flexibility index (Phi) is 3.96. The number of amides is 1. The minimum absolute atomic E-state index is 0.216. The van der Waals surface area contributed by atoms with E-state index in [1.54, 1.807) is 11.3 Å². The molecule has 5 heteroatoms. The van der Waals surface area contributed by atoms with E-state index in [4.69, 9.17) is 0 Å². The van der Waals surface area contributed by atoms with Crippen LogP contribution in [-0.4, -0.2) is 36.0 Å². The number of carbonyl (C=O) groups is 1. The first-order valence-corrected chi connectivity index (χ1v) is 8.62. The molecule has 19 heavy (non-hydrogen) atoms. The maximum atomic E-state index is 12.5. The topological polar surface area (TPSA) is 32.3 Å². The highest BCUT2D eigenvalue weighted by atomic mass is 79.9. The average Bonchev–Trinajstić information content (AvgIpc) is 3.12. The first-order valence-electron chi connectivity index (χ1n) is 6.94. The molecule has 1 aliphatic carbocycles. The number of nitrogens with zero attached hydrogens (tertiary/aromatic N) is 1. The quantitative estimate of drug-likeness (QED) is 0.915. The number of aryl methyl sites for hydroxylation is 1. The Hall–Kier alpha value is -0.390. The van der Waals surface area contributed by atoms with Crippen LogP contribution in [0.25, 0.3) is 0 Å². The van der Waals surface area contributed by atoms with Gasteiger partial charge in [-0.25, -0.2) is 0 Å². The van der Waals surface area contributed by atoms with E-state index < -0.39 is 0 Å². The van der Waals surface area contributed by atoms with Gasteiger partial charge in [0, 0.05) is 34.4 Å². The molecule has 1 aromatic heterocycles. The van der Waals surface area contributed by atoms with Crippen molar-refractivity contribution in [3.63, 3.8) is 0 Å². The van der Waals surface area contributed by atoms with Crippen molar-refractivity contribution < 1.29 is 4.79 Å². The first kappa shape index (κ1) is 13.6. The molecule has 2 fully saturated rings. The van der Waals surface area contributed by atoms with E-state index in [2.05, 4.69) is 37.6 Å². The Bertz CT molecular complexity index is 470. The molecular weight excluding hydrogens is 324 g/mol. The van der Waals surface area contributed by atoms with Crippen molar-refractivity contribution in [3.8, 4) is 0 Å². The zero-order valence-corrected chi connectivity index (χ0v) is 13.4. The zero-order chi connectivity index (χ0) is 13.3. The second-order valence-electron chi connectivity index (χ2n) is 5.46. The van der Waals surface area contributed by atoms with Gasteiger partial charge in [0.15, 0.2) is 0 Å². The molecule has 1 aliphatic heterocycles. The second-order valence-corrected chi connectivity index (χ2v) is 7.32. The van der Waals surface area contributed by atoms with Crippen molar-refractivity contribution >= 4 is 33.2 Å². The molecule has 0 aromatic carbocycles. The van der Waals surface area contributed by atoms with Crippen molar-refractivity contribution in [2.24, 2.45) is 0 Å². The summed E-state index contributed by atoms with van der Waals surface area (Å²) in [4.78, 5) is 15.9. The number of halogens is 1. The van der Waals surface area contributed by atoms with Crippen molar-refractivity contribution in [2.45, 2.75) is 37.6 Å². The number of thiophene rings is 1. The van der Waals surface area contributed by atoms with Gasteiger partial charge in [-0.05, 0) is 59.6 Å². The number of hydrogen-bond donors (Lipinski definition) is 1. The Labute approximate surface area is 126 Å². The maximum Gasteiger partial charge on any atom is 0.223 e. The van der Waals surface area contributed by atoms with E-state index >= 15 is 0 Å². The van der Waals surface area contributed by atoms with Crippen molar-refractivity contribution in [2.75, 3.05) is 19.6 Å². The van der Waals surface area contributed by atoms with Gasteiger partial charge in [0.1, 0.15) is 0 Å². The van der Waals surface area contributed by atoms with E-state index in [-0.39, 0.29) is 5.54 Å². The fourth-order valence-corrected chi connectivity index (χ4v) is 4.48. The molecule has 104 valence electrons. The van der Waals surface area contributed by atoms with Crippen LogP contribution in [-0.2, 0) is 11.2 Å². The van der Waals surface area contributed by atoms with E-state index in [0.29, 0.717) is 12.3 Å². The smallest absolute Gasteiger partial charge is 0.223 e. The van der Waals surface area contributed by atoms with Crippen molar-refractivity contribution in [1.29, 1.82) is 0 Å². The van der Waals surface area contributed by atoms with Crippen LogP contribution in [0.2, 0.25) is 0 Å². The van der Waals surface area contributed by atoms with Crippen LogP contribution >= 0.6 is 27.3 Å². The molecule has 2 aliphatic rings. The number of carbonyl (C=O) groups excluding carboxylic acids is 1. The molecule has 1 saturated heterocycles. The van der Waals surface area contributed by atoms with Crippen LogP contribution in [0.3, 0.4) is 0 Å². The molecule has 3 rings (SSSR count). The molecule has 1 spiro atoms. The lowest BCUT2D eigenvalue weighted by molar-refractivity contribution is -0.134. The van der Waals surface area contributed by atoms with Gasteiger partial charge in [0.05, 0.1) is 0 Å². The Morgan fingerprint density at radius 3 is 2.95 bits per heavy atom. The van der Waals surface area contributed by atoms with Gasteiger partial charge >= 0.3 is 0 Å². The highest BCUT2D eigenvalue weighted by molar-refractivity contribution is 9.10. The van der Waals surface area contributed by atoms with Crippen molar-refractivity contribution in [1.82, 2.24) is 10.2 Å². The molecule has 0 bridgehead atoms. The summed E-state index contributed by atoms with van der Waals surface area (Å²) in [6, 6.07) is 2.06. The number of nitrogens with one attached hydrogen (secondary N) is 1. The monoisotopic (exact) mass is 342 g/mol. The minimum atomic E-state index is 0.216. The third-order valence-corrected chi connectivity index (χ3v) is 6.22. The Morgan fingerprint density at radius 2 is 2.26 bits per heavy atom. The van der Waals surface area contributed by atoms with Gasteiger partial charge in [-0.15, -0.1) is 11.3 Å². The third-order valence-electron chi connectivity index (χ3n) is 4.24. The molecule has 1 saturated carbocycles. The van der Waals surface area contributed by atoms with Crippen LogP contribution < -0.4 is 5.32 Å². The SMILES string of the molecule is O=C(CCc1sccc1Br)N1CCNCCC12CC2. The lowest BCUT2D eigenvalue weighted by Crippen LogP contribution is -2.43. The molecule has 1 aromatic rings. The van der Waals surface area contributed by atoms with Gasteiger partial charge in [-0.2, -0.15) is 0 Å². The van der Waals surface area contributed by atoms with Crippen LogP contribution in [0.5, 0.6) is 0 Å². The predicted octanol–water partition coefficient (Wildman–Crippen LogP) is 2.80. The summed E-state index contributed by atoms with van der Waals surface area (Å²) in [5.41, 5.74) is 0.216. The van der Waals surface area contributed by atoms with Crippen LogP contribution in [0.15, 0.2) is 15.9 Å². The average molecular weight is 343 g/mol. The summed E-state index contributed by atoms with van der Waals surface area (Å²) in [7, 11) is 0. The van der Waals surface area contributed by atoms with Gasteiger partial charge < -0.3 is 10.2 Å². The highest BCUT2D eigenvalue weighted by Gasteiger charge is 2.49. The third kappa shape index (κ3) is 2.88. The summed E-state index contributed by atoms with van der Waals surface area (Å²) in [5.74, 6) is 0.335. The molecule has 0 radical (unpaired) electrons. The molecule has 3 nitrogen and oxygen atoms in total. The molecule has 0 unspecified atom stereocenters. The largest absolute Gasteiger partial charge is 0.336 e. The van der Waals surface area contributed by atoms with E-state index in [1.165, 1.54) is 17.7 Å². The molecule has 1 amide bonds. The highest BCUT2D eigenvalue weighted by Crippen LogP contribution is 2.45. The minimum Gasteiger partial charge on any atom is -0.336 e. The standard InChI is InChI=1S/C14H19BrN2OS/c15-11-3-10-19-12(11)1-2-13(18)17-9-8-16-7-6-14(17)4-5-14/h3,10,16H,1-2,4-9H2. The van der Waals surface area contributed by atoms with E-state index in [0.717, 1.165) is 36.9 Å². The summed E-state index contributed by atoms with van der Waals surface area (Å²) >= 11 is 5.26. The Balaban J connectivity index is 1.61. The van der Waals surface area contributed by atoms with E-state index in [1.807, 2.05) is 0 Å².